The second kappa shape index (κ2) is 7.83. The van der Waals surface area contributed by atoms with Gasteiger partial charge in [-0.05, 0) is 49.1 Å². The van der Waals surface area contributed by atoms with Crippen LogP contribution in [0.4, 0.5) is 14.6 Å². The minimum absolute atomic E-state index is 0.0578. The first-order chi connectivity index (χ1) is 13.5. The third-order valence-corrected chi connectivity index (χ3v) is 5.13. The lowest BCUT2D eigenvalue weighted by molar-refractivity contribution is 0.0948. The molecule has 28 heavy (non-hydrogen) atoms. The number of anilines is 1. The Morgan fingerprint density at radius 2 is 1.86 bits per heavy atom. The smallest absolute Gasteiger partial charge is 0.253 e. The molecule has 2 fully saturated rings. The van der Waals surface area contributed by atoms with Crippen LogP contribution in [0.15, 0.2) is 24.3 Å². The highest BCUT2D eigenvalue weighted by Crippen LogP contribution is 2.42. The molecule has 0 spiro atoms. The monoisotopic (exact) mass is 387 g/mol. The maximum absolute atomic E-state index is 13.4. The molecule has 0 unspecified atom stereocenters. The maximum Gasteiger partial charge on any atom is 0.253 e. The minimum atomic E-state index is -0.657. The summed E-state index contributed by atoms with van der Waals surface area (Å²) < 4.78 is 32.1. The summed E-state index contributed by atoms with van der Waals surface area (Å²) in [5.41, 5.74) is 2.65. The van der Waals surface area contributed by atoms with E-state index in [9.17, 15) is 13.6 Å². The third kappa shape index (κ3) is 4.14. The lowest BCUT2D eigenvalue weighted by Gasteiger charge is -2.29. The molecule has 1 saturated carbocycles. The average Bonchev–Trinajstić information content (AvgIpc) is 3.50. The van der Waals surface area contributed by atoms with Crippen LogP contribution < -0.4 is 10.2 Å². The third-order valence-electron chi connectivity index (χ3n) is 5.13. The predicted octanol–water partition coefficient (Wildman–Crippen LogP) is 3.31. The fourth-order valence-electron chi connectivity index (χ4n) is 3.57. The first-order valence-electron chi connectivity index (χ1n) is 9.58. The van der Waals surface area contributed by atoms with Gasteiger partial charge in [-0.15, -0.1) is 0 Å². The van der Waals surface area contributed by atoms with E-state index in [1.807, 2.05) is 13.0 Å². The Labute approximate surface area is 162 Å². The van der Waals surface area contributed by atoms with Crippen molar-refractivity contribution < 1.29 is 18.3 Å². The van der Waals surface area contributed by atoms with E-state index in [1.165, 1.54) is 12.1 Å². The molecule has 0 atom stereocenters. The standard InChI is InChI=1S/C21H23F2N3O2/c1-13-8-18(26-4-6-28-7-5-26)25-20(15-2-3-15)19(13)21(27)24-12-14-9-16(22)11-17(23)10-14/h8-11,15H,2-7,12H2,1H3,(H,24,27). The van der Waals surface area contributed by atoms with Crippen molar-refractivity contribution in [3.05, 3.63) is 58.3 Å². The molecule has 148 valence electrons. The lowest BCUT2D eigenvalue weighted by atomic mass is 10.0. The fourth-order valence-corrected chi connectivity index (χ4v) is 3.57. The van der Waals surface area contributed by atoms with Gasteiger partial charge in [0.1, 0.15) is 17.5 Å². The molecule has 1 aromatic carbocycles. The Kier molecular flexibility index (Phi) is 5.26. The van der Waals surface area contributed by atoms with Gasteiger partial charge in [0.2, 0.25) is 0 Å². The zero-order valence-electron chi connectivity index (χ0n) is 15.8. The lowest BCUT2D eigenvalue weighted by Crippen LogP contribution is -2.37. The molecule has 1 aromatic heterocycles. The van der Waals surface area contributed by atoms with Crippen molar-refractivity contribution in [1.29, 1.82) is 0 Å². The summed E-state index contributed by atoms with van der Waals surface area (Å²) in [6.07, 6.45) is 2.04. The number of rotatable bonds is 5. The second-order valence-electron chi connectivity index (χ2n) is 7.39. The number of nitrogens with zero attached hydrogens (tertiary/aromatic N) is 2. The van der Waals surface area contributed by atoms with E-state index in [0.717, 1.165) is 49.1 Å². The van der Waals surface area contributed by atoms with Crippen LogP contribution in [0.2, 0.25) is 0 Å². The molecule has 2 heterocycles. The van der Waals surface area contributed by atoms with Gasteiger partial charge in [-0.25, -0.2) is 13.8 Å². The highest BCUT2D eigenvalue weighted by atomic mass is 19.1. The van der Waals surface area contributed by atoms with Crippen LogP contribution in [0, 0.1) is 18.6 Å². The van der Waals surface area contributed by atoms with Gasteiger partial charge < -0.3 is 15.0 Å². The molecule has 7 heteroatoms. The van der Waals surface area contributed by atoms with Crippen molar-refractivity contribution in [1.82, 2.24) is 10.3 Å². The number of pyridine rings is 1. The minimum Gasteiger partial charge on any atom is -0.378 e. The number of aryl methyl sites for hydroxylation is 1. The van der Waals surface area contributed by atoms with Crippen LogP contribution in [-0.2, 0) is 11.3 Å². The van der Waals surface area contributed by atoms with Gasteiger partial charge in [0.15, 0.2) is 0 Å². The molecular weight excluding hydrogens is 364 g/mol. The summed E-state index contributed by atoms with van der Waals surface area (Å²) in [6.45, 7) is 4.88. The molecule has 2 aliphatic rings. The Morgan fingerprint density at radius 1 is 1.18 bits per heavy atom. The molecular formula is C21H23F2N3O2. The van der Waals surface area contributed by atoms with Crippen molar-refractivity contribution in [2.24, 2.45) is 0 Å². The zero-order chi connectivity index (χ0) is 19.7. The highest BCUT2D eigenvalue weighted by molar-refractivity contribution is 5.97. The van der Waals surface area contributed by atoms with Crippen molar-refractivity contribution in [3.8, 4) is 0 Å². The van der Waals surface area contributed by atoms with Gasteiger partial charge in [-0.2, -0.15) is 0 Å². The molecule has 1 amide bonds. The number of hydrogen-bond acceptors (Lipinski definition) is 4. The van der Waals surface area contributed by atoms with Crippen LogP contribution in [0.3, 0.4) is 0 Å². The van der Waals surface area contributed by atoms with Gasteiger partial charge in [-0.1, -0.05) is 0 Å². The van der Waals surface area contributed by atoms with E-state index in [4.69, 9.17) is 9.72 Å². The first kappa shape index (κ1) is 18.8. The molecule has 5 nitrogen and oxygen atoms in total. The van der Waals surface area contributed by atoms with Crippen molar-refractivity contribution in [3.63, 3.8) is 0 Å². The molecule has 0 radical (unpaired) electrons. The number of hydrogen-bond donors (Lipinski definition) is 1. The Hall–Kier alpha value is -2.54. The van der Waals surface area contributed by atoms with Crippen LogP contribution in [0.1, 0.15) is 45.9 Å². The number of ether oxygens (including phenoxy) is 1. The second-order valence-corrected chi connectivity index (χ2v) is 7.39. The zero-order valence-corrected chi connectivity index (χ0v) is 15.8. The van der Waals surface area contributed by atoms with Gasteiger partial charge in [0.05, 0.1) is 24.5 Å². The van der Waals surface area contributed by atoms with E-state index in [1.54, 1.807) is 0 Å². The van der Waals surface area contributed by atoms with Crippen LogP contribution in [0.25, 0.3) is 0 Å². The summed E-state index contributed by atoms with van der Waals surface area (Å²) in [4.78, 5) is 19.9. The highest BCUT2D eigenvalue weighted by Gasteiger charge is 2.32. The quantitative estimate of drug-likeness (QED) is 0.855. The Bertz CT molecular complexity index is 873. The molecule has 4 rings (SSSR count). The number of benzene rings is 1. The van der Waals surface area contributed by atoms with Crippen molar-refractivity contribution in [2.45, 2.75) is 32.2 Å². The van der Waals surface area contributed by atoms with Crippen LogP contribution in [0.5, 0.6) is 0 Å². The van der Waals surface area contributed by atoms with Crippen LogP contribution >= 0.6 is 0 Å². The Morgan fingerprint density at radius 3 is 2.50 bits per heavy atom. The number of carbonyl (C=O) groups is 1. The SMILES string of the molecule is Cc1cc(N2CCOCC2)nc(C2CC2)c1C(=O)NCc1cc(F)cc(F)c1. The largest absolute Gasteiger partial charge is 0.378 e. The number of morpholine rings is 1. The normalized spacial score (nSPS) is 16.9. The molecule has 1 aliphatic carbocycles. The summed E-state index contributed by atoms with van der Waals surface area (Å²) >= 11 is 0. The maximum atomic E-state index is 13.4. The van der Waals surface area contributed by atoms with Gasteiger partial charge in [0, 0.05) is 31.6 Å². The molecule has 1 aliphatic heterocycles. The number of amides is 1. The molecule has 1 saturated heterocycles. The number of carbonyl (C=O) groups excluding carboxylic acids is 1. The Balaban J connectivity index is 1.56. The molecule has 0 bridgehead atoms. The van der Waals surface area contributed by atoms with Crippen molar-refractivity contribution >= 4 is 11.7 Å². The van der Waals surface area contributed by atoms with E-state index in [0.29, 0.717) is 30.3 Å². The van der Waals surface area contributed by atoms with E-state index >= 15 is 0 Å². The van der Waals surface area contributed by atoms with Gasteiger partial charge in [-0.3, -0.25) is 4.79 Å². The van der Waals surface area contributed by atoms with E-state index in [-0.39, 0.29) is 12.5 Å². The fraction of sp³-hybridized carbons (Fsp3) is 0.429. The predicted molar refractivity (Wildman–Crippen MR) is 102 cm³/mol. The van der Waals surface area contributed by atoms with Crippen LogP contribution in [-0.4, -0.2) is 37.2 Å². The van der Waals surface area contributed by atoms with Gasteiger partial charge in [0.25, 0.3) is 5.91 Å². The summed E-state index contributed by atoms with van der Waals surface area (Å²) in [5, 5.41) is 2.79. The number of nitrogens with one attached hydrogen (secondary N) is 1. The first-order valence-corrected chi connectivity index (χ1v) is 9.58. The molecule has 1 N–H and O–H groups in total. The van der Waals surface area contributed by atoms with Gasteiger partial charge >= 0.3 is 0 Å². The number of halogens is 2. The molecule has 2 aromatic rings. The van der Waals surface area contributed by atoms with E-state index < -0.39 is 11.6 Å². The topological polar surface area (TPSA) is 54.5 Å². The summed E-state index contributed by atoms with van der Waals surface area (Å²) in [6, 6.07) is 5.19. The van der Waals surface area contributed by atoms with E-state index in [2.05, 4.69) is 10.2 Å². The number of aromatic nitrogens is 1. The average molecular weight is 387 g/mol. The van der Waals surface area contributed by atoms with Crippen molar-refractivity contribution in [2.75, 3.05) is 31.2 Å². The summed E-state index contributed by atoms with van der Waals surface area (Å²) in [7, 11) is 0. The summed E-state index contributed by atoms with van der Waals surface area (Å²) in [5.74, 6) is -0.394.